The highest BCUT2D eigenvalue weighted by molar-refractivity contribution is 9.10. The number of carbonyl (C=O) groups is 1. The topological polar surface area (TPSA) is 79.1 Å². The third-order valence-electron chi connectivity index (χ3n) is 7.44. The summed E-state index contributed by atoms with van der Waals surface area (Å²) in [4.78, 5) is 33.0. The van der Waals surface area contributed by atoms with Crippen molar-refractivity contribution in [1.82, 2.24) is 4.57 Å². The number of aromatic nitrogens is 1. The zero-order valence-corrected chi connectivity index (χ0v) is 28.4. The highest BCUT2D eigenvalue weighted by Crippen LogP contribution is 2.38. The molecule has 47 heavy (non-hydrogen) atoms. The SMILES string of the molecule is CCOC(=O)C1=C(c2ccccc2)N=c2sc(=Cc3cc(Br)c(OCc4ccccc4Cl)c(OC)c3)c(=O)n2C1c1ccc(F)cc1. The van der Waals surface area contributed by atoms with Crippen LogP contribution in [0.3, 0.4) is 0 Å². The van der Waals surface area contributed by atoms with Crippen LogP contribution in [0.2, 0.25) is 5.02 Å². The van der Waals surface area contributed by atoms with Crippen molar-refractivity contribution in [1.29, 1.82) is 0 Å². The molecule has 0 saturated carbocycles. The number of methoxy groups -OCH3 is 1. The molecule has 0 spiro atoms. The van der Waals surface area contributed by atoms with Gasteiger partial charge < -0.3 is 14.2 Å². The standard InChI is InChI=1S/C36H27BrClFN2O5S/c1-3-45-35(43)30-31(22-9-5-4-6-10-22)40-36-41(32(30)23-13-15-25(39)16-14-23)34(42)29(47-36)19-21-17-26(37)33(28(18-21)44-2)46-20-24-11-7-8-12-27(24)38/h4-19,32H,3,20H2,1-2H3. The van der Waals surface area contributed by atoms with Gasteiger partial charge in [0.05, 0.1) is 40.0 Å². The van der Waals surface area contributed by atoms with Crippen molar-refractivity contribution in [3.05, 3.63) is 154 Å². The molecule has 0 amide bonds. The number of halogens is 3. The number of fused-ring (bicyclic) bond motifs is 1. The molecule has 1 aliphatic rings. The number of thiazole rings is 1. The van der Waals surface area contributed by atoms with Crippen LogP contribution in [0.1, 0.15) is 35.2 Å². The zero-order valence-electron chi connectivity index (χ0n) is 25.2. The molecule has 0 bridgehead atoms. The molecular formula is C36H27BrClFN2O5S. The van der Waals surface area contributed by atoms with Crippen molar-refractivity contribution < 1.29 is 23.4 Å². The van der Waals surface area contributed by atoms with Crippen molar-refractivity contribution >= 4 is 56.6 Å². The minimum absolute atomic E-state index is 0.125. The van der Waals surface area contributed by atoms with E-state index >= 15 is 0 Å². The third kappa shape index (κ3) is 6.67. The van der Waals surface area contributed by atoms with Crippen molar-refractivity contribution in [2.75, 3.05) is 13.7 Å². The Bertz CT molecular complexity index is 2180. The minimum Gasteiger partial charge on any atom is -0.493 e. The lowest BCUT2D eigenvalue weighted by Crippen LogP contribution is -2.40. The van der Waals surface area contributed by atoms with Crippen LogP contribution in [-0.4, -0.2) is 24.3 Å². The first-order valence-electron chi connectivity index (χ1n) is 14.6. The molecule has 11 heteroatoms. The maximum atomic E-state index is 14.2. The van der Waals surface area contributed by atoms with Gasteiger partial charge in [-0.05, 0) is 70.4 Å². The van der Waals surface area contributed by atoms with E-state index in [-0.39, 0.29) is 24.3 Å². The van der Waals surface area contributed by atoms with Crippen LogP contribution >= 0.6 is 38.9 Å². The molecule has 0 fully saturated rings. The van der Waals surface area contributed by atoms with Gasteiger partial charge in [0, 0.05) is 16.1 Å². The zero-order chi connectivity index (χ0) is 33.1. The minimum atomic E-state index is -0.912. The molecular weight excluding hydrogens is 707 g/mol. The summed E-state index contributed by atoms with van der Waals surface area (Å²) >= 11 is 11.1. The van der Waals surface area contributed by atoms with Gasteiger partial charge >= 0.3 is 5.97 Å². The number of rotatable bonds is 9. The van der Waals surface area contributed by atoms with E-state index in [0.29, 0.717) is 52.7 Å². The number of carbonyl (C=O) groups excluding carboxylic acids is 1. The van der Waals surface area contributed by atoms with E-state index in [9.17, 15) is 14.0 Å². The monoisotopic (exact) mass is 732 g/mol. The number of hydrogen-bond donors (Lipinski definition) is 0. The number of nitrogens with zero attached hydrogens (tertiary/aromatic N) is 2. The van der Waals surface area contributed by atoms with Crippen LogP contribution in [0.5, 0.6) is 11.5 Å². The van der Waals surface area contributed by atoms with Crippen LogP contribution in [0.15, 0.2) is 111 Å². The van der Waals surface area contributed by atoms with E-state index in [1.54, 1.807) is 37.3 Å². The first-order chi connectivity index (χ1) is 22.8. The lowest BCUT2D eigenvalue weighted by Gasteiger charge is -2.25. The Balaban J connectivity index is 1.49. The Morgan fingerprint density at radius 3 is 2.49 bits per heavy atom. The van der Waals surface area contributed by atoms with Crippen molar-refractivity contribution in [2.24, 2.45) is 4.99 Å². The lowest BCUT2D eigenvalue weighted by atomic mass is 9.93. The predicted octanol–water partition coefficient (Wildman–Crippen LogP) is 7.08. The molecule has 1 atom stereocenters. The Hall–Kier alpha value is -4.51. The van der Waals surface area contributed by atoms with Gasteiger partial charge in [-0.1, -0.05) is 83.6 Å². The van der Waals surface area contributed by atoms with E-state index in [1.807, 2.05) is 54.6 Å². The number of ether oxygens (including phenoxy) is 3. The molecule has 1 aromatic heterocycles. The van der Waals surface area contributed by atoms with Gasteiger partial charge in [0.25, 0.3) is 5.56 Å². The molecule has 5 aromatic rings. The van der Waals surface area contributed by atoms with Gasteiger partial charge in [-0.25, -0.2) is 14.2 Å². The second kappa shape index (κ2) is 14.1. The van der Waals surface area contributed by atoms with Crippen LogP contribution in [0.4, 0.5) is 4.39 Å². The van der Waals surface area contributed by atoms with E-state index in [0.717, 1.165) is 5.56 Å². The summed E-state index contributed by atoms with van der Waals surface area (Å²) in [6, 6.07) is 25.0. The molecule has 2 heterocycles. The van der Waals surface area contributed by atoms with Gasteiger partial charge in [0.15, 0.2) is 16.3 Å². The first kappa shape index (κ1) is 32.4. The number of hydrogen-bond acceptors (Lipinski definition) is 7. The molecule has 0 saturated heterocycles. The van der Waals surface area contributed by atoms with E-state index < -0.39 is 17.8 Å². The Kier molecular flexibility index (Phi) is 9.72. The van der Waals surface area contributed by atoms with Crippen molar-refractivity contribution in [3.63, 3.8) is 0 Å². The summed E-state index contributed by atoms with van der Waals surface area (Å²) in [6.45, 7) is 2.06. The molecule has 0 N–H and O–H groups in total. The average Bonchev–Trinajstić information content (AvgIpc) is 3.38. The molecule has 1 aliphatic heterocycles. The molecule has 7 nitrogen and oxygen atoms in total. The highest BCUT2D eigenvalue weighted by atomic mass is 79.9. The fourth-order valence-electron chi connectivity index (χ4n) is 5.28. The van der Waals surface area contributed by atoms with Crippen molar-refractivity contribution in [2.45, 2.75) is 19.6 Å². The van der Waals surface area contributed by atoms with Gasteiger partial charge in [-0.2, -0.15) is 0 Å². The summed E-state index contributed by atoms with van der Waals surface area (Å²) in [7, 11) is 1.53. The summed E-state index contributed by atoms with van der Waals surface area (Å²) in [5.41, 5.74) is 2.91. The fourth-order valence-corrected chi connectivity index (χ4v) is 7.05. The Morgan fingerprint density at radius 2 is 1.79 bits per heavy atom. The number of benzene rings is 4. The molecule has 0 radical (unpaired) electrons. The maximum absolute atomic E-state index is 14.2. The Labute approximate surface area is 287 Å². The summed E-state index contributed by atoms with van der Waals surface area (Å²) in [5, 5.41) is 0.593. The van der Waals surface area contributed by atoms with Crippen LogP contribution in [0, 0.1) is 5.82 Å². The highest BCUT2D eigenvalue weighted by Gasteiger charge is 2.35. The maximum Gasteiger partial charge on any atom is 0.338 e. The molecule has 4 aromatic carbocycles. The van der Waals surface area contributed by atoms with Gasteiger partial charge in [0.1, 0.15) is 12.4 Å². The first-order valence-corrected chi connectivity index (χ1v) is 16.6. The largest absolute Gasteiger partial charge is 0.493 e. The molecule has 238 valence electrons. The second-order valence-corrected chi connectivity index (χ2v) is 12.7. The predicted molar refractivity (Wildman–Crippen MR) is 184 cm³/mol. The normalized spacial score (nSPS) is 14.4. The summed E-state index contributed by atoms with van der Waals surface area (Å²) < 4.78 is 33.7. The van der Waals surface area contributed by atoms with Crippen LogP contribution < -0.4 is 24.4 Å². The third-order valence-corrected chi connectivity index (χ3v) is 9.38. The van der Waals surface area contributed by atoms with Crippen LogP contribution in [0.25, 0.3) is 11.8 Å². The fraction of sp³-hybridized carbons (Fsp3) is 0.139. The van der Waals surface area contributed by atoms with Gasteiger partial charge in [-0.3, -0.25) is 9.36 Å². The molecule has 6 rings (SSSR count). The Morgan fingerprint density at radius 1 is 1.06 bits per heavy atom. The molecule has 1 unspecified atom stereocenters. The average molecular weight is 734 g/mol. The van der Waals surface area contributed by atoms with Gasteiger partial charge in [-0.15, -0.1) is 0 Å². The molecule has 0 aliphatic carbocycles. The van der Waals surface area contributed by atoms with Gasteiger partial charge in [0.2, 0.25) is 0 Å². The summed E-state index contributed by atoms with van der Waals surface area (Å²) in [5.74, 6) is -0.121. The second-order valence-electron chi connectivity index (χ2n) is 10.4. The van der Waals surface area contributed by atoms with E-state index in [2.05, 4.69) is 15.9 Å². The lowest BCUT2D eigenvalue weighted by molar-refractivity contribution is -0.138. The quantitative estimate of drug-likeness (QED) is 0.152. The number of esters is 1. The smallest absolute Gasteiger partial charge is 0.338 e. The van der Waals surface area contributed by atoms with Crippen molar-refractivity contribution in [3.8, 4) is 11.5 Å². The van der Waals surface area contributed by atoms with E-state index in [4.69, 9.17) is 30.8 Å². The van der Waals surface area contributed by atoms with E-state index in [1.165, 1.54) is 35.1 Å². The van der Waals surface area contributed by atoms with Crippen LogP contribution in [-0.2, 0) is 16.1 Å². The summed E-state index contributed by atoms with van der Waals surface area (Å²) in [6.07, 6.45) is 1.73.